The molecular formula is C21H27FN2O. The molecule has 25 heavy (non-hydrogen) atoms. The Balaban J connectivity index is 1.77. The molecule has 2 N–H and O–H groups in total. The third-order valence-electron chi connectivity index (χ3n) is 4.32. The minimum Gasteiger partial charge on any atom is -0.326 e. The van der Waals surface area contributed by atoms with E-state index in [9.17, 15) is 9.18 Å². The topological polar surface area (TPSA) is 41.1 Å². The summed E-state index contributed by atoms with van der Waals surface area (Å²) in [6.07, 6.45) is 2.81. The van der Waals surface area contributed by atoms with Gasteiger partial charge in [0, 0.05) is 18.7 Å². The molecule has 2 rings (SSSR count). The van der Waals surface area contributed by atoms with Crippen molar-refractivity contribution in [3.63, 3.8) is 0 Å². The number of rotatable bonds is 9. The van der Waals surface area contributed by atoms with Gasteiger partial charge in [0.05, 0.1) is 0 Å². The van der Waals surface area contributed by atoms with E-state index in [2.05, 4.69) is 36.6 Å². The number of halogens is 1. The lowest BCUT2D eigenvalue weighted by Gasteiger charge is -2.14. The molecule has 0 bridgehead atoms. The zero-order valence-corrected chi connectivity index (χ0v) is 15.1. The van der Waals surface area contributed by atoms with Crippen molar-refractivity contribution in [3.05, 3.63) is 65.0 Å². The van der Waals surface area contributed by atoms with E-state index in [0.29, 0.717) is 31.5 Å². The molecule has 4 heteroatoms. The minimum atomic E-state index is -0.176. The van der Waals surface area contributed by atoms with Gasteiger partial charge in [0.1, 0.15) is 5.82 Å². The molecule has 3 nitrogen and oxygen atoms in total. The number of para-hydroxylation sites is 1. The maximum atomic E-state index is 13.5. The fraction of sp³-hybridized carbons (Fsp3) is 0.381. The first kappa shape index (κ1) is 19.1. The third kappa shape index (κ3) is 5.68. The molecule has 0 aliphatic rings. The number of carbonyl (C=O) groups excluding carboxylic acids is 1. The van der Waals surface area contributed by atoms with Gasteiger partial charge in [0.2, 0.25) is 5.91 Å². The number of benzene rings is 2. The quantitative estimate of drug-likeness (QED) is 0.673. The van der Waals surface area contributed by atoms with Crippen LogP contribution in [0.15, 0.2) is 42.5 Å². The predicted molar refractivity (Wildman–Crippen MR) is 101 cm³/mol. The van der Waals surface area contributed by atoms with Crippen molar-refractivity contribution in [1.29, 1.82) is 0 Å². The standard InChI is InChI=1S/C21H27FN2O/c1-3-16-9-7-10-17(4-2)21(16)24-20(25)13-15-23-14-12-18-8-5-6-11-19(18)22/h5-11,23H,3-4,12-15H2,1-2H3,(H,24,25). The van der Waals surface area contributed by atoms with Crippen LogP contribution in [0.25, 0.3) is 0 Å². The van der Waals surface area contributed by atoms with E-state index in [1.807, 2.05) is 12.1 Å². The van der Waals surface area contributed by atoms with E-state index in [1.165, 1.54) is 17.2 Å². The van der Waals surface area contributed by atoms with Crippen LogP contribution >= 0.6 is 0 Å². The molecule has 0 fully saturated rings. The van der Waals surface area contributed by atoms with E-state index >= 15 is 0 Å². The molecule has 0 heterocycles. The highest BCUT2D eigenvalue weighted by Gasteiger charge is 2.09. The van der Waals surface area contributed by atoms with Gasteiger partial charge >= 0.3 is 0 Å². The summed E-state index contributed by atoms with van der Waals surface area (Å²) in [4.78, 5) is 12.2. The zero-order valence-electron chi connectivity index (χ0n) is 15.1. The van der Waals surface area contributed by atoms with Crippen molar-refractivity contribution in [2.24, 2.45) is 0 Å². The highest BCUT2D eigenvalue weighted by atomic mass is 19.1. The first-order chi connectivity index (χ1) is 12.2. The Morgan fingerprint density at radius 3 is 2.20 bits per heavy atom. The first-order valence-electron chi connectivity index (χ1n) is 9.00. The molecule has 0 saturated carbocycles. The van der Waals surface area contributed by atoms with Crippen molar-refractivity contribution in [1.82, 2.24) is 5.32 Å². The second-order valence-corrected chi connectivity index (χ2v) is 6.05. The summed E-state index contributed by atoms with van der Waals surface area (Å²) in [5.41, 5.74) is 3.99. The van der Waals surface area contributed by atoms with E-state index in [-0.39, 0.29) is 11.7 Å². The van der Waals surface area contributed by atoms with Crippen LogP contribution < -0.4 is 10.6 Å². The smallest absolute Gasteiger partial charge is 0.225 e. The van der Waals surface area contributed by atoms with Crippen LogP contribution in [0.4, 0.5) is 10.1 Å². The van der Waals surface area contributed by atoms with E-state index < -0.39 is 0 Å². The fourth-order valence-corrected chi connectivity index (χ4v) is 2.86. The predicted octanol–water partition coefficient (Wildman–Crippen LogP) is 4.11. The van der Waals surface area contributed by atoms with Gasteiger partial charge in [-0.1, -0.05) is 50.2 Å². The van der Waals surface area contributed by atoms with Crippen LogP contribution in [0.3, 0.4) is 0 Å². The third-order valence-corrected chi connectivity index (χ3v) is 4.32. The molecule has 0 aliphatic carbocycles. The number of anilines is 1. The van der Waals surface area contributed by atoms with Gasteiger partial charge in [-0.3, -0.25) is 4.79 Å². The highest BCUT2D eigenvalue weighted by molar-refractivity contribution is 5.92. The summed E-state index contributed by atoms with van der Waals surface area (Å²) in [5, 5.41) is 6.27. The highest BCUT2D eigenvalue weighted by Crippen LogP contribution is 2.22. The molecule has 0 radical (unpaired) electrons. The first-order valence-corrected chi connectivity index (χ1v) is 9.00. The van der Waals surface area contributed by atoms with Crippen molar-refractivity contribution < 1.29 is 9.18 Å². The Bertz CT molecular complexity index is 678. The van der Waals surface area contributed by atoms with Crippen LogP contribution in [-0.2, 0) is 24.1 Å². The van der Waals surface area contributed by atoms with Gasteiger partial charge in [-0.2, -0.15) is 0 Å². The average Bonchev–Trinajstić information content (AvgIpc) is 2.63. The van der Waals surface area contributed by atoms with Gasteiger partial charge in [-0.15, -0.1) is 0 Å². The Kier molecular flexibility index (Phi) is 7.61. The molecule has 2 aromatic rings. The molecule has 2 aromatic carbocycles. The Morgan fingerprint density at radius 2 is 1.56 bits per heavy atom. The summed E-state index contributed by atoms with van der Waals surface area (Å²) < 4.78 is 13.5. The number of hydrogen-bond acceptors (Lipinski definition) is 2. The van der Waals surface area contributed by atoms with Crippen LogP contribution in [0.2, 0.25) is 0 Å². The number of carbonyl (C=O) groups is 1. The Labute approximate surface area is 149 Å². The SMILES string of the molecule is CCc1cccc(CC)c1NC(=O)CCNCCc1ccccc1F. The number of nitrogens with one attached hydrogen (secondary N) is 2. The number of hydrogen-bond donors (Lipinski definition) is 2. The number of aryl methyl sites for hydroxylation is 2. The lowest BCUT2D eigenvalue weighted by atomic mass is 10.0. The van der Waals surface area contributed by atoms with Gasteiger partial charge in [0.15, 0.2) is 0 Å². The summed E-state index contributed by atoms with van der Waals surface area (Å²) in [6.45, 7) is 5.42. The maximum absolute atomic E-state index is 13.5. The van der Waals surface area contributed by atoms with Crippen molar-refractivity contribution >= 4 is 11.6 Å². The second-order valence-electron chi connectivity index (χ2n) is 6.05. The molecule has 1 amide bonds. The van der Waals surface area contributed by atoms with Crippen LogP contribution in [0.5, 0.6) is 0 Å². The van der Waals surface area contributed by atoms with Gasteiger partial charge < -0.3 is 10.6 Å². The summed E-state index contributed by atoms with van der Waals surface area (Å²) >= 11 is 0. The van der Waals surface area contributed by atoms with E-state index in [1.54, 1.807) is 12.1 Å². The molecule has 0 aliphatic heterocycles. The fourth-order valence-electron chi connectivity index (χ4n) is 2.86. The van der Waals surface area contributed by atoms with Crippen LogP contribution in [-0.4, -0.2) is 19.0 Å². The summed E-state index contributed by atoms with van der Waals surface area (Å²) in [6, 6.07) is 12.9. The van der Waals surface area contributed by atoms with Crippen LogP contribution in [0, 0.1) is 5.82 Å². The van der Waals surface area contributed by atoms with Crippen molar-refractivity contribution in [2.45, 2.75) is 39.5 Å². The molecule has 0 atom stereocenters. The van der Waals surface area contributed by atoms with Gasteiger partial charge in [-0.25, -0.2) is 4.39 Å². The largest absolute Gasteiger partial charge is 0.326 e. The molecule has 134 valence electrons. The Hall–Kier alpha value is -2.20. The minimum absolute atomic E-state index is 0.00833. The number of amides is 1. The van der Waals surface area contributed by atoms with E-state index in [4.69, 9.17) is 0 Å². The second kappa shape index (κ2) is 9.94. The molecule has 0 unspecified atom stereocenters. The molecule has 0 aromatic heterocycles. The van der Waals surface area contributed by atoms with E-state index in [0.717, 1.165) is 18.5 Å². The summed E-state index contributed by atoms with van der Waals surface area (Å²) in [5.74, 6) is -0.167. The average molecular weight is 342 g/mol. The van der Waals surface area contributed by atoms with Gasteiger partial charge in [-0.05, 0) is 48.6 Å². The lowest BCUT2D eigenvalue weighted by Crippen LogP contribution is -2.24. The molecule has 0 saturated heterocycles. The lowest BCUT2D eigenvalue weighted by molar-refractivity contribution is -0.116. The van der Waals surface area contributed by atoms with Crippen LogP contribution in [0.1, 0.15) is 37.0 Å². The molecular weight excluding hydrogens is 315 g/mol. The van der Waals surface area contributed by atoms with Gasteiger partial charge in [0.25, 0.3) is 0 Å². The Morgan fingerprint density at radius 1 is 0.920 bits per heavy atom. The summed E-state index contributed by atoms with van der Waals surface area (Å²) in [7, 11) is 0. The van der Waals surface area contributed by atoms with Crippen molar-refractivity contribution in [3.8, 4) is 0 Å². The van der Waals surface area contributed by atoms with Crippen molar-refractivity contribution in [2.75, 3.05) is 18.4 Å². The zero-order chi connectivity index (χ0) is 18.1. The monoisotopic (exact) mass is 342 g/mol. The maximum Gasteiger partial charge on any atom is 0.225 e. The molecule has 0 spiro atoms. The normalized spacial score (nSPS) is 10.7.